The largest absolute Gasteiger partial charge is 0.367 e. The molecule has 0 aliphatic carbocycles. The maximum absolute atomic E-state index is 13.5. The van der Waals surface area contributed by atoms with Crippen molar-refractivity contribution in [1.82, 2.24) is 14.5 Å². The molecule has 1 saturated heterocycles. The molecule has 0 radical (unpaired) electrons. The summed E-state index contributed by atoms with van der Waals surface area (Å²) in [7, 11) is 0. The Labute approximate surface area is 258 Å². The molecule has 0 spiro atoms. The summed E-state index contributed by atoms with van der Waals surface area (Å²) in [6.07, 6.45) is 5.16. The fourth-order valence-corrected chi connectivity index (χ4v) is 6.06. The molecule has 0 saturated carbocycles. The highest BCUT2D eigenvalue weighted by molar-refractivity contribution is 7.14. The van der Waals surface area contributed by atoms with E-state index in [4.69, 9.17) is 9.72 Å². The van der Waals surface area contributed by atoms with E-state index in [9.17, 15) is 14.0 Å². The van der Waals surface area contributed by atoms with E-state index in [1.807, 2.05) is 60.0 Å². The summed E-state index contributed by atoms with van der Waals surface area (Å²) in [5, 5.41) is 8.32. The summed E-state index contributed by atoms with van der Waals surface area (Å²) in [4.78, 5) is 36.1. The first-order chi connectivity index (χ1) is 21.5. The number of hydrogen-bond donors (Lipinski definition) is 2. The first-order valence-corrected chi connectivity index (χ1v) is 15.2. The van der Waals surface area contributed by atoms with Crippen molar-refractivity contribution in [1.29, 1.82) is 0 Å². The van der Waals surface area contributed by atoms with Crippen molar-refractivity contribution >= 4 is 39.7 Å². The number of thiazole rings is 1. The number of aromatic nitrogens is 3. The van der Waals surface area contributed by atoms with Gasteiger partial charge in [0, 0.05) is 42.2 Å². The summed E-state index contributed by atoms with van der Waals surface area (Å²) in [6.45, 7) is 1.59. The highest BCUT2D eigenvalue weighted by Gasteiger charge is 2.28. The third-order valence-electron chi connectivity index (χ3n) is 7.37. The molecule has 11 heteroatoms. The molecular formula is C33H31FN6O3S. The molecule has 224 valence electrons. The van der Waals surface area contributed by atoms with Crippen molar-refractivity contribution in [3.8, 4) is 0 Å². The number of carbonyl (C=O) groups excluding carboxylic acids is 2. The normalized spacial score (nSPS) is 14.5. The second-order valence-corrected chi connectivity index (χ2v) is 11.3. The van der Waals surface area contributed by atoms with Crippen LogP contribution >= 0.6 is 11.3 Å². The Hall–Kier alpha value is -4.87. The standard InChI is InChI=1S/C33H31FN6O3S/c34-30-18-24(14-15-35-30)19-39-16-4-9-29(39)32(42)38-33-37-27(22-44-33)28-8-5-17-40(28)26-12-10-25(11-13-26)36-31(41)21-43-20-23-6-2-1-3-7-23/h1-4,6-7,9-16,18,22,28H,5,8,17,19-21H2,(H,36,41)(H,37,38,42). The van der Waals surface area contributed by atoms with Gasteiger partial charge in [0.1, 0.15) is 12.3 Å². The third-order valence-corrected chi connectivity index (χ3v) is 8.15. The lowest BCUT2D eigenvalue weighted by atomic mass is 10.1. The van der Waals surface area contributed by atoms with Crippen LogP contribution in [-0.2, 0) is 22.7 Å². The number of hydrogen-bond acceptors (Lipinski definition) is 7. The lowest BCUT2D eigenvalue weighted by molar-refractivity contribution is -0.121. The fraction of sp³-hybridized carbons (Fsp3) is 0.212. The van der Waals surface area contributed by atoms with Crippen molar-refractivity contribution in [2.75, 3.05) is 28.7 Å². The SMILES string of the molecule is O=C(COCc1ccccc1)Nc1ccc(N2CCCC2c2csc(NC(=O)c3cccn3Cc3ccnc(F)c3)n2)cc1. The van der Waals surface area contributed by atoms with E-state index in [-0.39, 0.29) is 24.5 Å². The maximum atomic E-state index is 13.5. The minimum atomic E-state index is -0.556. The molecule has 6 rings (SSSR count). The number of carbonyl (C=O) groups is 2. The number of ether oxygens (including phenoxy) is 1. The van der Waals surface area contributed by atoms with Gasteiger partial charge in [0.2, 0.25) is 11.9 Å². The summed E-state index contributed by atoms with van der Waals surface area (Å²) >= 11 is 1.39. The molecular weight excluding hydrogens is 579 g/mol. The highest BCUT2D eigenvalue weighted by atomic mass is 32.1. The molecule has 4 heterocycles. The van der Waals surface area contributed by atoms with Crippen LogP contribution in [0.3, 0.4) is 0 Å². The van der Waals surface area contributed by atoms with Gasteiger partial charge in [-0.05, 0) is 72.5 Å². The van der Waals surface area contributed by atoms with Crippen LogP contribution in [0.15, 0.2) is 96.6 Å². The summed E-state index contributed by atoms with van der Waals surface area (Å²) < 4.78 is 20.8. The van der Waals surface area contributed by atoms with E-state index in [1.54, 1.807) is 29.0 Å². The molecule has 1 atom stereocenters. The number of benzene rings is 2. The summed E-state index contributed by atoms with van der Waals surface area (Å²) in [6, 6.07) is 24.2. The maximum Gasteiger partial charge on any atom is 0.274 e. The Kier molecular flexibility index (Phi) is 9.04. The third kappa shape index (κ3) is 7.19. The van der Waals surface area contributed by atoms with Gasteiger partial charge in [-0.25, -0.2) is 9.97 Å². The predicted octanol–water partition coefficient (Wildman–Crippen LogP) is 6.28. The molecule has 1 aliphatic heterocycles. The molecule has 3 aromatic heterocycles. The van der Waals surface area contributed by atoms with Crippen LogP contribution in [0.5, 0.6) is 0 Å². The van der Waals surface area contributed by atoms with Crippen LogP contribution in [0.2, 0.25) is 0 Å². The number of nitrogens with zero attached hydrogens (tertiary/aromatic N) is 4. The molecule has 1 unspecified atom stereocenters. The van der Waals surface area contributed by atoms with E-state index in [2.05, 4.69) is 20.5 Å². The monoisotopic (exact) mass is 610 g/mol. The van der Waals surface area contributed by atoms with Crippen LogP contribution in [0.4, 0.5) is 20.9 Å². The van der Waals surface area contributed by atoms with Gasteiger partial charge in [-0.2, -0.15) is 4.39 Å². The smallest absolute Gasteiger partial charge is 0.274 e. The number of amides is 2. The molecule has 0 bridgehead atoms. The van der Waals surface area contributed by atoms with Crippen LogP contribution < -0.4 is 15.5 Å². The first kappa shape index (κ1) is 29.2. The van der Waals surface area contributed by atoms with Crippen LogP contribution in [0.25, 0.3) is 0 Å². The zero-order valence-electron chi connectivity index (χ0n) is 23.9. The second kappa shape index (κ2) is 13.6. The molecule has 44 heavy (non-hydrogen) atoms. The first-order valence-electron chi connectivity index (χ1n) is 14.3. The topological polar surface area (TPSA) is 101 Å². The van der Waals surface area contributed by atoms with Gasteiger partial charge in [0.05, 0.1) is 18.3 Å². The minimum absolute atomic E-state index is 0.0237. The van der Waals surface area contributed by atoms with Gasteiger partial charge in [-0.3, -0.25) is 14.9 Å². The lowest BCUT2D eigenvalue weighted by Crippen LogP contribution is -2.23. The van der Waals surface area contributed by atoms with E-state index in [0.29, 0.717) is 35.2 Å². The van der Waals surface area contributed by atoms with Gasteiger partial charge in [0.15, 0.2) is 5.13 Å². The van der Waals surface area contributed by atoms with Crippen LogP contribution in [0.1, 0.15) is 46.2 Å². The van der Waals surface area contributed by atoms with Crippen molar-refractivity contribution in [2.45, 2.75) is 32.0 Å². The fourth-order valence-electron chi connectivity index (χ4n) is 5.31. The lowest BCUT2D eigenvalue weighted by Gasteiger charge is -2.26. The number of halogens is 1. The van der Waals surface area contributed by atoms with E-state index in [0.717, 1.165) is 36.3 Å². The van der Waals surface area contributed by atoms with Crippen molar-refractivity contribution in [2.24, 2.45) is 0 Å². The molecule has 9 nitrogen and oxygen atoms in total. The molecule has 1 fully saturated rings. The Bertz CT molecular complexity index is 1720. The average molecular weight is 611 g/mol. The zero-order chi connectivity index (χ0) is 30.3. The van der Waals surface area contributed by atoms with Gasteiger partial charge in [-0.15, -0.1) is 11.3 Å². The quantitative estimate of drug-likeness (QED) is 0.171. The average Bonchev–Trinajstić information content (AvgIpc) is 3.80. The van der Waals surface area contributed by atoms with E-state index >= 15 is 0 Å². The molecule has 1 aliphatic rings. The van der Waals surface area contributed by atoms with Crippen LogP contribution in [-0.4, -0.2) is 39.5 Å². The Morgan fingerprint density at radius 1 is 1.00 bits per heavy atom. The van der Waals surface area contributed by atoms with E-state index < -0.39 is 5.95 Å². The van der Waals surface area contributed by atoms with Gasteiger partial charge in [-0.1, -0.05) is 30.3 Å². The summed E-state index contributed by atoms with van der Waals surface area (Å²) in [5.41, 5.74) is 4.83. The van der Waals surface area contributed by atoms with E-state index in [1.165, 1.54) is 23.6 Å². The highest BCUT2D eigenvalue weighted by Crippen LogP contribution is 2.37. The minimum Gasteiger partial charge on any atom is -0.367 e. The Morgan fingerprint density at radius 2 is 1.84 bits per heavy atom. The van der Waals surface area contributed by atoms with Gasteiger partial charge >= 0.3 is 0 Å². The van der Waals surface area contributed by atoms with Crippen molar-refractivity contribution in [3.63, 3.8) is 0 Å². The van der Waals surface area contributed by atoms with Gasteiger partial charge in [0.25, 0.3) is 5.91 Å². The number of anilines is 3. The van der Waals surface area contributed by atoms with Gasteiger partial charge < -0.3 is 19.5 Å². The Morgan fingerprint density at radius 3 is 2.66 bits per heavy atom. The Balaban J connectivity index is 1.04. The van der Waals surface area contributed by atoms with Crippen molar-refractivity contribution < 1.29 is 18.7 Å². The number of nitrogens with one attached hydrogen (secondary N) is 2. The zero-order valence-corrected chi connectivity index (χ0v) is 24.7. The molecule has 5 aromatic rings. The molecule has 2 amide bonds. The summed E-state index contributed by atoms with van der Waals surface area (Å²) in [5.74, 6) is -1.04. The molecule has 2 aromatic carbocycles. The number of rotatable bonds is 11. The van der Waals surface area contributed by atoms with Crippen LogP contribution in [0, 0.1) is 5.95 Å². The second-order valence-electron chi connectivity index (χ2n) is 10.5. The number of pyridine rings is 1. The molecule has 2 N–H and O–H groups in total. The van der Waals surface area contributed by atoms with Crippen molar-refractivity contribution in [3.05, 3.63) is 125 Å². The predicted molar refractivity (Wildman–Crippen MR) is 168 cm³/mol.